The molecule has 1 aromatic heterocycles. The molecule has 2 heterocycles. The van der Waals surface area contributed by atoms with Gasteiger partial charge in [0, 0.05) is 11.6 Å². The molecule has 34 heavy (non-hydrogen) atoms. The maximum atomic E-state index is 14.3. The molecular weight excluding hydrogens is 475 g/mol. The molecule has 0 spiro atoms. The van der Waals surface area contributed by atoms with Crippen LogP contribution in [0.25, 0.3) is 5.69 Å². The van der Waals surface area contributed by atoms with Crippen molar-refractivity contribution in [1.29, 1.82) is 0 Å². The Morgan fingerprint density at radius 1 is 1.12 bits per heavy atom. The lowest BCUT2D eigenvalue weighted by molar-refractivity contribution is -0.290. The van der Waals surface area contributed by atoms with Gasteiger partial charge in [0.15, 0.2) is 6.61 Å². The highest BCUT2D eigenvalue weighted by atomic mass is 19.4. The van der Waals surface area contributed by atoms with Gasteiger partial charge in [0.2, 0.25) is 0 Å². The Labute approximate surface area is 187 Å². The molecule has 3 aromatic rings. The molecule has 0 amide bonds. The van der Waals surface area contributed by atoms with Crippen LogP contribution in [-0.2, 0) is 10.3 Å². The number of halogens is 7. The van der Waals surface area contributed by atoms with E-state index in [9.17, 15) is 35.5 Å². The monoisotopic (exact) mass is 491 g/mol. The van der Waals surface area contributed by atoms with Crippen LogP contribution in [0.2, 0.25) is 0 Å². The number of aromatic nitrogens is 3. The molecule has 182 valence electrons. The molecule has 0 saturated carbocycles. The van der Waals surface area contributed by atoms with Crippen LogP contribution in [0.15, 0.2) is 53.6 Å². The van der Waals surface area contributed by atoms with Crippen LogP contribution < -0.4 is 10.4 Å². The number of benzene rings is 2. The second kappa shape index (κ2) is 8.15. The fourth-order valence-electron chi connectivity index (χ4n) is 3.45. The number of rotatable bonds is 7. The van der Waals surface area contributed by atoms with E-state index in [4.69, 9.17) is 4.74 Å². The number of ether oxygens (including phenoxy) is 2. The first-order valence-electron chi connectivity index (χ1n) is 9.79. The Hall–Kier alpha value is -3.35. The zero-order valence-corrected chi connectivity index (χ0v) is 17.3. The minimum Gasteiger partial charge on any atom is -0.487 e. The van der Waals surface area contributed by atoms with Gasteiger partial charge in [-0.3, -0.25) is 0 Å². The van der Waals surface area contributed by atoms with E-state index in [0.29, 0.717) is 6.07 Å². The van der Waals surface area contributed by atoms with Crippen LogP contribution in [0.3, 0.4) is 0 Å². The summed E-state index contributed by atoms with van der Waals surface area (Å²) in [5.41, 5.74) is -1.58. The zero-order chi connectivity index (χ0) is 24.9. The summed E-state index contributed by atoms with van der Waals surface area (Å²) in [4.78, 5) is 12.9. The number of alkyl halides is 5. The van der Waals surface area contributed by atoms with Crippen molar-refractivity contribution in [2.75, 3.05) is 13.2 Å². The van der Waals surface area contributed by atoms with E-state index in [1.165, 1.54) is 18.2 Å². The molecule has 1 aliphatic heterocycles. The maximum absolute atomic E-state index is 14.3. The highest BCUT2D eigenvalue weighted by Gasteiger charge is 2.58. The maximum Gasteiger partial charge on any atom is 0.456 e. The van der Waals surface area contributed by atoms with Crippen molar-refractivity contribution in [3.05, 3.63) is 76.5 Å². The number of nitrogens with zero attached hydrogens (tertiary/aromatic N) is 3. The third kappa shape index (κ3) is 4.15. The molecule has 0 aliphatic carbocycles. The molecule has 4 rings (SSSR count). The van der Waals surface area contributed by atoms with Gasteiger partial charge in [0.05, 0.1) is 18.3 Å². The van der Waals surface area contributed by atoms with Gasteiger partial charge in [-0.15, -0.1) is 0 Å². The standard InChI is InChI=1S/C21H16F7N3O3/c1-12(19(9-34-19)16-7-2-13(22)8-17(16)23)31-18(32)30(11-29-31)14-3-5-15(6-4-14)33-10-20(24,25)21(26,27)28/h2-8,11-12H,9-10H2,1H3/t12-,19-/m1/s1. The predicted molar refractivity (Wildman–Crippen MR) is 103 cm³/mol. The Morgan fingerprint density at radius 2 is 1.76 bits per heavy atom. The zero-order valence-electron chi connectivity index (χ0n) is 17.3. The van der Waals surface area contributed by atoms with Crippen LogP contribution in [0.1, 0.15) is 18.5 Å². The third-order valence-electron chi connectivity index (χ3n) is 5.53. The molecular formula is C21H16F7N3O3. The molecule has 0 bridgehead atoms. The Kier molecular flexibility index (Phi) is 5.70. The average molecular weight is 491 g/mol. The fraction of sp³-hybridized carbons (Fsp3) is 0.333. The molecule has 0 radical (unpaired) electrons. The highest BCUT2D eigenvalue weighted by Crippen LogP contribution is 2.48. The van der Waals surface area contributed by atoms with Gasteiger partial charge in [0.25, 0.3) is 0 Å². The van der Waals surface area contributed by atoms with E-state index in [2.05, 4.69) is 9.84 Å². The molecule has 13 heteroatoms. The Bertz CT molecular complexity index is 1250. The van der Waals surface area contributed by atoms with Crippen molar-refractivity contribution in [2.45, 2.75) is 30.7 Å². The van der Waals surface area contributed by atoms with Crippen LogP contribution in [0.5, 0.6) is 5.75 Å². The molecule has 0 N–H and O–H groups in total. The van der Waals surface area contributed by atoms with Crippen LogP contribution in [0.4, 0.5) is 30.7 Å². The van der Waals surface area contributed by atoms with Crippen molar-refractivity contribution in [2.24, 2.45) is 0 Å². The van der Waals surface area contributed by atoms with Gasteiger partial charge in [-0.1, -0.05) is 6.07 Å². The van der Waals surface area contributed by atoms with Crippen molar-refractivity contribution in [3.8, 4) is 11.4 Å². The number of epoxide rings is 1. The summed E-state index contributed by atoms with van der Waals surface area (Å²) in [6, 6.07) is 7.00. The van der Waals surface area contributed by atoms with E-state index < -0.39 is 47.7 Å². The Balaban J connectivity index is 1.53. The van der Waals surface area contributed by atoms with Crippen LogP contribution in [0, 0.1) is 11.6 Å². The highest BCUT2D eigenvalue weighted by molar-refractivity contribution is 5.37. The summed E-state index contributed by atoms with van der Waals surface area (Å²) in [6.07, 6.45) is -4.59. The molecule has 1 saturated heterocycles. The lowest BCUT2D eigenvalue weighted by Crippen LogP contribution is -2.41. The molecule has 2 aromatic carbocycles. The first-order chi connectivity index (χ1) is 15.9. The predicted octanol–water partition coefficient (Wildman–Crippen LogP) is 4.38. The summed E-state index contributed by atoms with van der Waals surface area (Å²) in [7, 11) is 0. The summed E-state index contributed by atoms with van der Waals surface area (Å²) in [5, 5.41) is 4.02. The number of hydrogen-bond donors (Lipinski definition) is 0. The second-order valence-corrected chi connectivity index (χ2v) is 7.69. The van der Waals surface area contributed by atoms with Gasteiger partial charge in [-0.05, 0) is 37.3 Å². The normalized spacial score (nSPS) is 19.2. The minimum atomic E-state index is -5.75. The fourth-order valence-corrected chi connectivity index (χ4v) is 3.45. The topological polar surface area (TPSA) is 61.6 Å². The third-order valence-corrected chi connectivity index (χ3v) is 5.53. The minimum absolute atomic E-state index is 0.0695. The summed E-state index contributed by atoms with van der Waals surface area (Å²) in [6.45, 7) is -0.246. The van der Waals surface area contributed by atoms with Gasteiger partial charge >= 0.3 is 17.8 Å². The SMILES string of the molecule is C[C@@H](n1ncn(-c2ccc(OCC(F)(F)C(F)(F)F)cc2)c1=O)[C@@]1(c2ccc(F)cc2F)CO1. The summed E-state index contributed by atoms with van der Waals surface area (Å²) >= 11 is 0. The summed E-state index contributed by atoms with van der Waals surface area (Å²) < 4.78 is 102. The van der Waals surface area contributed by atoms with E-state index in [1.807, 2.05) is 0 Å². The van der Waals surface area contributed by atoms with Crippen LogP contribution in [-0.4, -0.2) is 39.7 Å². The van der Waals surface area contributed by atoms with E-state index in [1.54, 1.807) is 6.92 Å². The van der Waals surface area contributed by atoms with Crippen molar-refractivity contribution in [3.63, 3.8) is 0 Å². The quantitative estimate of drug-likeness (QED) is 0.364. The lowest BCUT2D eigenvalue weighted by Gasteiger charge is -2.20. The van der Waals surface area contributed by atoms with Gasteiger partial charge in [0.1, 0.15) is 29.3 Å². The molecule has 6 nitrogen and oxygen atoms in total. The Morgan fingerprint density at radius 3 is 2.32 bits per heavy atom. The van der Waals surface area contributed by atoms with Gasteiger partial charge in [-0.2, -0.15) is 27.1 Å². The second-order valence-electron chi connectivity index (χ2n) is 7.69. The van der Waals surface area contributed by atoms with Gasteiger partial charge < -0.3 is 9.47 Å². The van der Waals surface area contributed by atoms with Crippen molar-refractivity contribution in [1.82, 2.24) is 14.3 Å². The number of hydrogen-bond acceptors (Lipinski definition) is 4. The first kappa shape index (κ1) is 23.8. The molecule has 2 atom stereocenters. The molecule has 1 aliphatic rings. The smallest absolute Gasteiger partial charge is 0.456 e. The van der Waals surface area contributed by atoms with E-state index >= 15 is 0 Å². The molecule has 0 unspecified atom stereocenters. The first-order valence-corrected chi connectivity index (χ1v) is 9.79. The average Bonchev–Trinajstić information content (AvgIpc) is 3.47. The summed E-state index contributed by atoms with van der Waals surface area (Å²) in [5.74, 6) is -6.88. The van der Waals surface area contributed by atoms with Crippen molar-refractivity contribution < 1.29 is 40.2 Å². The van der Waals surface area contributed by atoms with Crippen molar-refractivity contribution >= 4 is 0 Å². The van der Waals surface area contributed by atoms with Crippen LogP contribution >= 0.6 is 0 Å². The lowest BCUT2D eigenvalue weighted by atomic mass is 9.92. The van der Waals surface area contributed by atoms with Gasteiger partial charge in [-0.25, -0.2) is 22.8 Å². The molecule has 1 fully saturated rings. The van der Waals surface area contributed by atoms with E-state index in [0.717, 1.165) is 33.8 Å². The largest absolute Gasteiger partial charge is 0.487 e. The van der Waals surface area contributed by atoms with E-state index in [-0.39, 0.29) is 23.6 Å².